The molecule has 0 radical (unpaired) electrons. The molecule has 0 aliphatic carbocycles. The number of nitrogens with zero attached hydrogens (tertiary/aromatic N) is 1. The molecule has 1 amide bonds. The third-order valence-corrected chi connectivity index (χ3v) is 3.76. The van der Waals surface area contributed by atoms with E-state index < -0.39 is 36.2 Å². The second-order valence-electron chi connectivity index (χ2n) is 5.81. The van der Waals surface area contributed by atoms with Crippen molar-refractivity contribution in [2.45, 2.75) is 19.9 Å². The number of hydrogen-bond acceptors (Lipinski definition) is 4. The fraction of sp³-hybridized carbons (Fsp3) is 0.278. The summed E-state index contributed by atoms with van der Waals surface area (Å²) in [7, 11) is 1.57. The summed E-state index contributed by atoms with van der Waals surface area (Å²) in [6.45, 7) is 2.31. The van der Waals surface area contributed by atoms with Crippen LogP contribution in [0.3, 0.4) is 0 Å². The number of carbonyl (C=O) groups is 3. The number of carbonyl (C=O) groups excluding carboxylic acids is 3. The third kappa shape index (κ3) is 4.53. The number of rotatable bonds is 6. The monoisotopic (exact) mass is 364 g/mol. The minimum absolute atomic E-state index is 0.111. The van der Waals surface area contributed by atoms with Gasteiger partial charge in [-0.05, 0) is 26.0 Å². The van der Waals surface area contributed by atoms with E-state index in [1.165, 1.54) is 36.7 Å². The Kier molecular flexibility index (Phi) is 5.86. The second-order valence-corrected chi connectivity index (χ2v) is 5.81. The van der Waals surface area contributed by atoms with E-state index in [4.69, 9.17) is 4.74 Å². The lowest BCUT2D eigenvalue weighted by atomic mass is 10.1. The minimum atomic E-state index is -0.782. The summed E-state index contributed by atoms with van der Waals surface area (Å²) >= 11 is 0. The molecule has 0 saturated heterocycles. The Morgan fingerprint density at radius 3 is 2.50 bits per heavy atom. The first-order chi connectivity index (χ1) is 12.2. The average molecular weight is 364 g/mol. The molecule has 0 aliphatic heterocycles. The number of aromatic nitrogens is 1. The number of ketones is 1. The van der Waals surface area contributed by atoms with Crippen LogP contribution in [-0.4, -0.2) is 28.8 Å². The molecule has 2 rings (SSSR count). The predicted octanol–water partition coefficient (Wildman–Crippen LogP) is 2.54. The summed E-state index contributed by atoms with van der Waals surface area (Å²) < 4.78 is 32.9. The number of amides is 1. The van der Waals surface area contributed by atoms with Gasteiger partial charge < -0.3 is 14.6 Å². The van der Waals surface area contributed by atoms with Gasteiger partial charge in [0, 0.05) is 30.4 Å². The zero-order valence-corrected chi connectivity index (χ0v) is 14.5. The molecule has 26 heavy (non-hydrogen) atoms. The Balaban J connectivity index is 1.94. The Morgan fingerprint density at radius 1 is 1.23 bits per heavy atom. The van der Waals surface area contributed by atoms with Crippen LogP contribution in [0.5, 0.6) is 0 Å². The van der Waals surface area contributed by atoms with Gasteiger partial charge >= 0.3 is 5.97 Å². The van der Waals surface area contributed by atoms with E-state index in [1.54, 1.807) is 7.05 Å². The number of esters is 1. The van der Waals surface area contributed by atoms with Crippen molar-refractivity contribution < 1.29 is 27.9 Å². The number of ether oxygens (including phenoxy) is 1. The van der Waals surface area contributed by atoms with Gasteiger partial charge in [0.2, 0.25) is 0 Å². The van der Waals surface area contributed by atoms with Gasteiger partial charge in [-0.3, -0.25) is 9.59 Å². The molecule has 1 aromatic heterocycles. The molecular formula is C18H18F2N2O4. The van der Waals surface area contributed by atoms with Crippen LogP contribution >= 0.6 is 0 Å². The summed E-state index contributed by atoms with van der Waals surface area (Å²) in [5.74, 6) is -3.11. The fourth-order valence-corrected chi connectivity index (χ4v) is 2.38. The Morgan fingerprint density at radius 2 is 1.92 bits per heavy atom. The molecule has 0 saturated carbocycles. The first-order valence-electron chi connectivity index (χ1n) is 7.77. The van der Waals surface area contributed by atoms with E-state index >= 15 is 0 Å². The maximum Gasteiger partial charge on any atom is 0.355 e. The molecule has 1 aromatic carbocycles. The highest BCUT2D eigenvalue weighted by Crippen LogP contribution is 2.17. The fourth-order valence-electron chi connectivity index (χ4n) is 2.38. The van der Waals surface area contributed by atoms with Crippen LogP contribution in [0.2, 0.25) is 0 Å². The molecule has 0 aliphatic rings. The van der Waals surface area contributed by atoms with Gasteiger partial charge in [0.25, 0.3) is 5.91 Å². The molecule has 1 heterocycles. The summed E-state index contributed by atoms with van der Waals surface area (Å²) in [5, 5.41) is 2.46. The van der Waals surface area contributed by atoms with E-state index in [9.17, 15) is 23.2 Å². The molecule has 0 spiro atoms. The van der Waals surface area contributed by atoms with Crippen LogP contribution in [0.25, 0.3) is 0 Å². The summed E-state index contributed by atoms with van der Waals surface area (Å²) in [4.78, 5) is 35.2. The van der Waals surface area contributed by atoms with Gasteiger partial charge in [-0.2, -0.15) is 0 Å². The molecule has 2 aromatic rings. The van der Waals surface area contributed by atoms with Crippen LogP contribution in [-0.2, 0) is 16.6 Å². The van der Waals surface area contributed by atoms with Gasteiger partial charge in [0.05, 0.1) is 6.04 Å². The SMILES string of the molecule is CC(=O)c1cc(C(=O)OCC(=O)N[C@H](C)c2ccc(F)cc2F)n(C)c1. The molecular weight excluding hydrogens is 346 g/mol. The van der Waals surface area contributed by atoms with Crippen LogP contribution in [0.4, 0.5) is 8.78 Å². The van der Waals surface area contributed by atoms with Gasteiger partial charge in [-0.15, -0.1) is 0 Å². The molecule has 1 atom stereocenters. The molecule has 8 heteroatoms. The molecule has 0 unspecified atom stereocenters. The third-order valence-electron chi connectivity index (χ3n) is 3.76. The number of aryl methyl sites for hydroxylation is 1. The molecule has 1 N–H and O–H groups in total. The standard InChI is InChI=1S/C18H18F2N2O4/c1-10(14-5-4-13(19)7-15(14)20)21-17(24)9-26-18(25)16-6-12(11(2)23)8-22(16)3/h4-8,10H,9H2,1-3H3,(H,21,24)/t10-/m1/s1. The van der Waals surface area contributed by atoms with Gasteiger partial charge in [-0.25, -0.2) is 13.6 Å². The zero-order chi connectivity index (χ0) is 19.4. The summed E-state index contributed by atoms with van der Waals surface area (Å²) in [6, 6.07) is 3.68. The minimum Gasteiger partial charge on any atom is -0.451 e. The largest absolute Gasteiger partial charge is 0.451 e. The lowest BCUT2D eigenvalue weighted by Crippen LogP contribution is -2.31. The Labute approximate surface area is 148 Å². The Hall–Kier alpha value is -3.03. The van der Waals surface area contributed by atoms with Gasteiger partial charge in [0.1, 0.15) is 17.3 Å². The maximum absolute atomic E-state index is 13.7. The van der Waals surface area contributed by atoms with Crippen molar-refractivity contribution in [3.05, 3.63) is 58.9 Å². The zero-order valence-electron chi connectivity index (χ0n) is 14.5. The van der Waals surface area contributed by atoms with E-state index in [2.05, 4.69) is 5.32 Å². The lowest BCUT2D eigenvalue weighted by molar-refractivity contribution is -0.124. The first-order valence-corrected chi connectivity index (χ1v) is 7.77. The van der Waals surface area contributed by atoms with Crippen LogP contribution in [0, 0.1) is 11.6 Å². The van der Waals surface area contributed by atoms with Crippen molar-refractivity contribution >= 4 is 17.7 Å². The quantitative estimate of drug-likeness (QED) is 0.631. The number of Topliss-reactive ketones (excluding diaryl/α,β-unsaturated/α-hetero) is 1. The lowest BCUT2D eigenvalue weighted by Gasteiger charge is -2.15. The molecule has 0 fully saturated rings. The topological polar surface area (TPSA) is 77.4 Å². The van der Waals surface area contributed by atoms with E-state index in [0.717, 1.165) is 12.1 Å². The number of benzene rings is 1. The van der Waals surface area contributed by atoms with Crippen LogP contribution < -0.4 is 5.32 Å². The number of hydrogen-bond donors (Lipinski definition) is 1. The van der Waals surface area contributed by atoms with Crippen molar-refractivity contribution in [2.24, 2.45) is 7.05 Å². The van der Waals surface area contributed by atoms with Gasteiger partial charge in [0.15, 0.2) is 12.4 Å². The van der Waals surface area contributed by atoms with Crippen LogP contribution in [0.1, 0.15) is 46.3 Å². The molecule has 0 bridgehead atoms. The van der Waals surface area contributed by atoms with E-state index in [1.807, 2.05) is 0 Å². The van der Waals surface area contributed by atoms with Crippen molar-refractivity contribution in [1.29, 1.82) is 0 Å². The normalized spacial score (nSPS) is 11.7. The van der Waals surface area contributed by atoms with Gasteiger partial charge in [-0.1, -0.05) is 6.07 Å². The van der Waals surface area contributed by atoms with Crippen molar-refractivity contribution in [3.63, 3.8) is 0 Å². The highest BCUT2D eigenvalue weighted by Gasteiger charge is 2.18. The van der Waals surface area contributed by atoms with Crippen molar-refractivity contribution in [2.75, 3.05) is 6.61 Å². The smallest absolute Gasteiger partial charge is 0.355 e. The number of nitrogens with one attached hydrogen (secondary N) is 1. The summed E-state index contributed by atoms with van der Waals surface area (Å²) in [5.41, 5.74) is 0.588. The van der Waals surface area contributed by atoms with E-state index in [-0.39, 0.29) is 17.0 Å². The maximum atomic E-state index is 13.7. The number of halogens is 2. The predicted molar refractivity (Wildman–Crippen MR) is 88.6 cm³/mol. The molecule has 138 valence electrons. The summed E-state index contributed by atoms with van der Waals surface area (Å²) in [6.07, 6.45) is 1.48. The van der Waals surface area contributed by atoms with Crippen molar-refractivity contribution in [1.82, 2.24) is 9.88 Å². The van der Waals surface area contributed by atoms with E-state index in [0.29, 0.717) is 5.56 Å². The average Bonchev–Trinajstić information content (AvgIpc) is 2.94. The van der Waals surface area contributed by atoms with Crippen LogP contribution in [0.15, 0.2) is 30.5 Å². The Bertz CT molecular complexity index is 861. The second kappa shape index (κ2) is 7.90. The highest BCUT2D eigenvalue weighted by atomic mass is 19.1. The van der Waals surface area contributed by atoms with Crippen molar-refractivity contribution in [3.8, 4) is 0 Å². The molecule has 6 nitrogen and oxygen atoms in total. The first kappa shape index (κ1) is 19.3. The highest BCUT2D eigenvalue weighted by molar-refractivity contribution is 5.98.